The number of halogens is 2. The minimum Gasteiger partial charge on any atom is -0.320 e. The van der Waals surface area contributed by atoms with Gasteiger partial charge in [0.15, 0.2) is 0 Å². The van der Waals surface area contributed by atoms with Gasteiger partial charge in [-0.3, -0.25) is 9.36 Å². The predicted molar refractivity (Wildman–Crippen MR) is 73.5 cm³/mol. The third kappa shape index (κ3) is 2.80. The normalized spacial score (nSPS) is 10.5. The van der Waals surface area contributed by atoms with Gasteiger partial charge in [-0.15, -0.1) is 10.2 Å². The average Bonchev–Trinajstić information content (AvgIpc) is 3.02. The maximum Gasteiger partial charge on any atom is 0.258 e. The first-order valence-electron chi connectivity index (χ1n) is 6.21. The Hall–Kier alpha value is -3.16. The molecule has 3 aromatic rings. The van der Waals surface area contributed by atoms with Gasteiger partial charge in [-0.25, -0.2) is 13.8 Å². The van der Waals surface area contributed by atoms with Crippen molar-refractivity contribution in [3.8, 4) is 5.82 Å². The molecule has 0 radical (unpaired) electrons. The van der Waals surface area contributed by atoms with E-state index in [0.29, 0.717) is 17.6 Å². The average molecular weight is 301 g/mol. The number of hydrogen-bond donors (Lipinski definition) is 1. The molecule has 3 rings (SSSR count). The van der Waals surface area contributed by atoms with Crippen molar-refractivity contribution >= 4 is 11.6 Å². The number of aromatic nitrogens is 4. The van der Waals surface area contributed by atoms with E-state index in [1.165, 1.54) is 18.9 Å². The highest BCUT2D eigenvalue weighted by Crippen LogP contribution is 2.14. The largest absolute Gasteiger partial charge is 0.320 e. The molecule has 1 aromatic carbocycles. The van der Waals surface area contributed by atoms with Crippen LogP contribution in [0.3, 0.4) is 0 Å². The summed E-state index contributed by atoms with van der Waals surface area (Å²) >= 11 is 0. The van der Waals surface area contributed by atoms with Crippen LogP contribution >= 0.6 is 0 Å². The lowest BCUT2D eigenvalue weighted by Gasteiger charge is -2.07. The third-order valence-corrected chi connectivity index (χ3v) is 2.86. The van der Waals surface area contributed by atoms with Gasteiger partial charge in [0.2, 0.25) is 0 Å². The Labute approximate surface area is 123 Å². The van der Waals surface area contributed by atoms with E-state index in [-0.39, 0.29) is 5.56 Å². The zero-order valence-electron chi connectivity index (χ0n) is 11.1. The van der Waals surface area contributed by atoms with Gasteiger partial charge < -0.3 is 5.32 Å². The molecule has 0 spiro atoms. The van der Waals surface area contributed by atoms with Crippen LogP contribution in [0.15, 0.2) is 49.2 Å². The highest BCUT2D eigenvalue weighted by atomic mass is 19.1. The van der Waals surface area contributed by atoms with Crippen LogP contribution in [-0.4, -0.2) is 25.7 Å². The molecule has 0 aliphatic rings. The summed E-state index contributed by atoms with van der Waals surface area (Å²) in [6.45, 7) is 0. The highest BCUT2D eigenvalue weighted by Gasteiger charge is 2.12. The fourth-order valence-corrected chi connectivity index (χ4v) is 1.80. The molecule has 0 saturated carbocycles. The maximum absolute atomic E-state index is 13.5. The molecule has 2 aromatic heterocycles. The molecule has 110 valence electrons. The first-order chi connectivity index (χ1) is 10.6. The molecule has 1 N–H and O–H groups in total. The highest BCUT2D eigenvalue weighted by molar-refractivity contribution is 6.04. The van der Waals surface area contributed by atoms with Crippen molar-refractivity contribution in [2.45, 2.75) is 0 Å². The smallest absolute Gasteiger partial charge is 0.258 e. The Morgan fingerprint density at radius 2 is 1.86 bits per heavy atom. The summed E-state index contributed by atoms with van der Waals surface area (Å²) in [7, 11) is 0. The van der Waals surface area contributed by atoms with E-state index < -0.39 is 17.5 Å². The van der Waals surface area contributed by atoms with Crippen LogP contribution in [0.25, 0.3) is 5.82 Å². The van der Waals surface area contributed by atoms with Gasteiger partial charge in [0.1, 0.15) is 30.1 Å². The molecular weight excluding hydrogens is 292 g/mol. The monoisotopic (exact) mass is 301 g/mol. The summed E-state index contributed by atoms with van der Waals surface area (Å²) in [5.41, 5.74) is 0.134. The first-order valence-corrected chi connectivity index (χ1v) is 6.21. The van der Waals surface area contributed by atoms with Crippen LogP contribution in [0.2, 0.25) is 0 Å². The Kier molecular flexibility index (Phi) is 3.57. The molecule has 0 saturated heterocycles. The minimum absolute atomic E-state index is 0.246. The van der Waals surface area contributed by atoms with Crippen molar-refractivity contribution in [1.82, 2.24) is 19.7 Å². The summed E-state index contributed by atoms with van der Waals surface area (Å²) in [5.74, 6) is -1.78. The summed E-state index contributed by atoms with van der Waals surface area (Å²) in [6, 6.07) is 5.99. The Morgan fingerprint density at radius 3 is 2.50 bits per heavy atom. The van der Waals surface area contributed by atoms with Crippen LogP contribution in [0.5, 0.6) is 0 Å². The van der Waals surface area contributed by atoms with E-state index in [2.05, 4.69) is 20.5 Å². The van der Waals surface area contributed by atoms with Crippen LogP contribution < -0.4 is 5.32 Å². The molecule has 0 aliphatic heterocycles. The number of nitrogens with one attached hydrogen (secondary N) is 1. The summed E-state index contributed by atoms with van der Waals surface area (Å²) in [5, 5.41) is 9.80. The van der Waals surface area contributed by atoms with Gasteiger partial charge in [0.25, 0.3) is 5.91 Å². The quantitative estimate of drug-likeness (QED) is 0.805. The van der Waals surface area contributed by atoms with Crippen molar-refractivity contribution in [2.75, 3.05) is 5.32 Å². The van der Waals surface area contributed by atoms with E-state index >= 15 is 0 Å². The predicted octanol–water partition coefficient (Wildman–Crippen LogP) is 2.19. The molecule has 0 aliphatic carbocycles. The lowest BCUT2D eigenvalue weighted by molar-refractivity contribution is 0.102. The Morgan fingerprint density at radius 1 is 1.09 bits per heavy atom. The van der Waals surface area contributed by atoms with Gasteiger partial charge in [0, 0.05) is 6.07 Å². The SMILES string of the molecule is O=C(Nc1ccc(-n2cnnc2)nc1)c1ccc(F)cc1F. The Bertz CT molecular complexity index is 803. The van der Waals surface area contributed by atoms with Crippen molar-refractivity contribution in [3.63, 3.8) is 0 Å². The van der Waals surface area contributed by atoms with Crippen molar-refractivity contribution in [3.05, 3.63) is 66.4 Å². The topological polar surface area (TPSA) is 72.7 Å². The number of rotatable bonds is 3. The summed E-state index contributed by atoms with van der Waals surface area (Å²) in [6.07, 6.45) is 4.37. The number of pyridine rings is 1. The number of carbonyl (C=O) groups is 1. The second-order valence-corrected chi connectivity index (χ2v) is 4.35. The minimum atomic E-state index is -0.924. The maximum atomic E-state index is 13.5. The Balaban J connectivity index is 1.77. The molecule has 22 heavy (non-hydrogen) atoms. The van der Waals surface area contributed by atoms with E-state index in [4.69, 9.17) is 0 Å². The number of amides is 1. The molecule has 0 unspecified atom stereocenters. The fraction of sp³-hybridized carbons (Fsp3) is 0. The van der Waals surface area contributed by atoms with E-state index in [9.17, 15) is 13.6 Å². The summed E-state index contributed by atoms with van der Waals surface area (Å²) in [4.78, 5) is 16.1. The number of nitrogens with zero attached hydrogens (tertiary/aromatic N) is 4. The zero-order valence-corrected chi connectivity index (χ0v) is 11.1. The van der Waals surface area contributed by atoms with E-state index in [1.54, 1.807) is 16.7 Å². The molecule has 0 bridgehead atoms. The standard InChI is InChI=1S/C14H9F2N5O/c15-9-1-3-11(12(16)5-9)14(22)20-10-2-4-13(17-6-10)21-7-18-19-8-21/h1-8H,(H,20,22). The van der Waals surface area contributed by atoms with Crippen molar-refractivity contribution in [2.24, 2.45) is 0 Å². The van der Waals surface area contributed by atoms with Gasteiger partial charge in [0.05, 0.1) is 17.4 Å². The third-order valence-electron chi connectivity index (χ3n) is 2.86. The van der Waals surface area contributed by atoms with Gasteiger partial charge in [-0.1, -0.05) is 0 Å². The van der Waals surface area contributed by atoms with Gasteiger partial charge >= 0.3 is 0 Å². The molecule has 6 nitrogen and oxygen atoms in total. The van der Waals surface area contributed by atoms with Crippen LogP contribution in [0.1, 0.15) is 10.4 Å². The lowest BCUT2D eigenvalue weighted by Crippen LogP contribution is -2.14. The molecule has 0 fully saturated rings. The summed E-state index contributed by atoms with van der Waals surface area (Å²) < 4.78 is 27.9. The number of anilines is 1. The van der Waals surface area contributed by atoms with Crippen LogP contribution in [-0.2, 0) is 0 Å². The van der Waals surface area contributed by atoms with E-state index in [1.807, 2.05) is 0 Å². The van der Waals surface area contributed by atoms with E-state index in [0.717, 1.165) is 12.1 Å². The fourth-order valence-electron chi connectivity index (χ4n) is 1.80. The first kappa shape index (κ1) is 13.8. The number of benzene rings is 1. The molecule has 1 amide bonds. The van der Waals surface area contributed by atoms with Crippen LogP contribution in [0.4, 0.5) is 14.5 Å². The molecule has 8 heteroatoms. The molecule has 2 heterocycles. The van der Waals surface area contributed by atoms with Crippen molar-refractivity contribution in [1.29, 1.82) is 0 Å². The van der Waals surface area contributed by atoms with Gasteiger partial charge in [-0.2, -0.15) is 0 Å². The molecule has 0 atom stereocenters. The second kappa shape index (κ2) is 5.68. The second-order valence-electron chi connectivity index (χ2n) is 4.35. The van der Waals surface area contributed by atoms with Crippen molar-refractivity contribution < 1.29 is 13.6 Å². The molecular formula is C14H9F2N5O. The lowest BCUT2D eigenvalue weighted by atomic mass is 10.2. The zero-order chi connectivity index (χ0) is 15.5. The van der Waals surface area contributed by atoms with Crippen LogP contribution in [0, 0.1) is 11.6 Å². The number of carbonyl (C=O) groups excluding carboxylic acids is 1. The van der Waals surface area contributed by atoms with Gasteiger partial charge in [-0.05, 0) is 24.3 Å². The number of hydrogen-bond acceptors (Lipinski definition) is 4.